The van der Waals surface area contributed by atoms with Crippen LogP contribution in [0.15, 0.2) is 18.2 Å². The molecule has 0 aliphatic carbocycles. The number of likely N-dealkylation sites (tertiary alicyclic amines) is 1. The lowest BCUT2D eigenvalue weighted by Crippen LogP contribution is -2.47. The number of piperidine rings is 1. The van der Waals surface area contributed by atoms with Gasteiger partial charge in [-0.2, -0.15) is 0 Å². The third-order valence-electron chi connectivity index (χ3n) is 4.22. The Bertz CT molecular complexity index is 684. The van der Waals surface area contributed by atoms with Crippen molar-refractivity contribution in [3.8, 4) is 0 Å². The quantitative estimate of drug-likeness (QED) is 0.682. The molecular formula is C17H22Cl2N4O3. The summed E-state index contributed by atoms with van der Waals surface area (Å²) in [5.41, 5.74) is 5.50. The highest BCUT2D eigenvalue weighted by molar-refractivity contribution is 6.42. The second-order valence-corrected chi connectivity index (χ2v) is 7.00. The lowest BCUT2D eigenvalue weighted by atomic mass is 10.0. The van der Waals surface area contributed by atoms with Crippen molar-refractivity contribution in [2.75, 3.05) is 18.4 Å². The molecule has 26 heavy (non-hydrogen) atoms. The first-order valence-electron chi connectivity index (χ1n) is 8.46. The van der Waals surface area contributed by atoms with Gasteiger partial charge in [0.2, 0.25) is 11.8 Å². The molecule has 9 heteroatoms. The molecule has 0 radical (unpaired) electrons. The number of hydrogen-bond acceptors (Lipinski definition) is 4. The van der Waals surface area contributed by atoms with Crippen molar-refractivity contribution in [1.29, 1.82) is 0 Å². The van der Waals surface area contributed by atoms with Crippen molar-refractivity contribution in [2.24, 2.45) is 5.73 Å². The monoisotopic (exact) mass is 400 g/mol. The van der Waals surface area contributed by atoms with Gasteiger partial charge in [-0.25, -0.2) is 4.79 Å². The summed E-state index contributed by atoms with van der Waals surface area (Å²) in [4.78, 5) is 36.8. The van der Waals surface area contributed by atoms with Gasteiger partial charge < -0.3 is 11.1 Å². The molecule has 4 N–H and O–H groups in total. The second-order valence-electron chi connectivity index (χ2n) is 6.18. The summed E-state index contributed by atoms with van der Waals surface area (Å²) in [6.45, 7) is 1.38. The van der Waals surface area contributed by atoms with E-state index in [4.69, 9.17) is 28.9 Å². The fraction of sp³-hybridized carbons (Fsp3) is 0.471. The fourth-order valence-electron chi connectivity index (χ4n) is 3.00. The Balaban J connectivity index is 1.90. The second kappa shape index (κ2) is 9.75. The first kappa shape index (κ1) is 20.5. The van der Waals surface area contributed by atoms with Crippen LogP contribution in [0.1, 0.15) is 32.1 Å². The van der Waals surface area contributed by atoms with Crippen molar-refractivity contribution < 1.29 is 14.4 Å². The van der Waals surface area contributed by atoms with Gasteiger partial charge >= 0.3 is 6.03 Å². The zero-order valence-corrected chi connectivity index (χ0v) is 15.8. The average molecular weight is 401 g/mol. The molecule has 2 rings (SSSR count). The number of urea groups is 1. The van der Waals surface area contributed by atoms with Crippen LogP contribution in [0.4, 0.5) is 10.5 Å². The maximum absolute atomic E-state index is 12.6. The molecule has 1 aliphatic heterocycles. The number of rotatable bonds is 6. The molecule has 1 heterocycles. The first-order valence-corrected chi connectivity index (χ1v) is 9.21. The zero-order valence-electron chi connectivity index (χ0n) is 14.3. The Kier molecular flexibility index (Phi) is 7.68. The van der Waals surface area contributed by atoms with E-state index >= 15 is 0 Å². The highest BCUT2D eigenvalue weighted by Gasteiger charge is 2.28. The van der Waals surface area contributed by atoms with Gasteiger partial charge in [-0.1, -0.05) is 29.6 Å². The number of nitrogens with zero attached hydrogens (tertiary/aromatic N) is 1. The number of halogens is 2. The molecule has 0 aromatic heterocycles. The minimum Gasteiger partial charge on any atom is -0.351 e. The Morgan fingerprint density at radius 2 is 1.96 bits per heavy atom. The molecule has 1 saturated heterocycles. The molecule has 7 nitrogen and oxygen atoms in total. The van der Waals surface area contributed by atoms with Crippen LogP contribution in [0.5, 0.6) is 0 Å². The topological polar surface area (TPSA) is 105 Å². The number of hydrogen-bond donors (Lipinski definition) is 3. The first-order chi connectivity index (χ1) is 12.4. The molecule has 142 valence electrons. The van der Waals surface area contributed by atoms with E-state index in [-0.39, 0.29) is 18.4 Å². The number of imide groups is 1. The summed E-state index contributed by atoms with van der Waals surface area (Å²) in [5, 5.41) is 5.72. The van der Waals surface area contributed by atoms with Gasteiger partial charge in [0.1, 0.15) is 0 Å². The Hall–Kier alpha value is -1.83. The van der Waals surface area contributed by atoms with Gasteiger partial charge in [0.15, 0.2) is 0 Å². The molecule has 1 aliphatic rings. The average Bonchev–Trinajstić information content (AvgIpc) is 2.58. The van der Waals surface area contributed by atoms with Crippen LogP contribution in [0, 0.1) is 0 Å². The summed E-state index contributed by atoms with van der Waals surface area (Å²) in [5.74, 6) is -0.518. The van der Waals surface area contributed by atoms with Crippen molar-refractivity contribution in [3.05, 3.63) is 28.2 Å². The van der Waals surface area contributed by atoms with Crippen LogP contribution in [0.25, 0.3) is 0 Å². The van der Waals surface area contributed by atoms with Gasteiger partial charge in [0.05, 0.1) is 16.1 Å². The summed E-state index contributed by atoms with van der Waals surface area (Å²) >= 11 is 11.9. The van der Waals surface area contributed by atoms with Crippen LogP contribution >= 0.6 is 23.2 Å². The number of amides is 4. The van der Waals surface area contributed by atoms with Gasteiger partial charge in [-0.15, -0.1) is 0 Å². The predicted octanol–water partition coefficient (Wildman–Crippen LogP) is 2.76. The number of primary amides is 1. The van der Waals surface area contributed by atoms with Gasteiger partial charge in [0, 0.05) is 12.1 Å². The van der Waals surface area contributed by atoms with Crippen LogP contribution < -0.4 is 16.4 Å². The normalized spacial score (nSPS) is 17.5. The van der Waals surface area contributed by atoms with Gasteiger partial charge in [0.25, 0.3) is 0 Å². The number of carbonyl (C=O) groups excluding carboxylic acids is 3. The third kappa shape index (κ3) is 6.16. The van der Waals surface area contributed by atoms with E-state index in [1.807, 2.05) is 5.32 Å². The summed E-state index contributed by atoms with van der Waals surface area (Å²) in [6.07, 6.45) is 3.44. The van der Waals surface area contributed by atoms with Crippen molar-refractivity contribution in [2.45, 2.75) is 38.1 Å². The predicted molar refractivity (Wildman–Crippen MR) is 101 cm³/mol. The number of nitrogens with one attached hydrogen (secondary N) is 2. The molecule has 0 unspecified atom stereocenters. The zero-order chi connectivity index (χ0) is 19.1. The lowest BCUT2D eigenvalue weighted by molar-refractivity contribution is -0.122. The Morgan fingerprint density at radius 3 is 2.65 bits per heavy atom. The molecular weight excluding hydrogens is 379 g/mol. The maximum atomic E-state index is 12.6. The lowest BCUT2D eigenvalue weighted by Gasteiger charge is -2.34. The molecule has 1 aromatic rings. The van der Waals surface area contributed by atoms with E-state index in [0.29, 0.717) is 28.7 Å². The highest BCUT2D eigenvalue weighted by Crippen LogP contribution is 2.26. The third-order valence-corrected chi connectivity index (χ3v) is 4.95. The highest BCUT2D eigenvalue weighted by atomic mass is 35.5. The van der Waals surface area contributed by atoms with Crippen LogP contribution in [0.3, 0.4) is 0 Å². The van der Waals surface area contributed by atoms with Crippen molar-refractivity contribution in [3.63, 3.8) is 0 Å². The molecule has 0 spiro atoms. The minimum absolute atomic E-state index is 0.107. The van der Waals surface area contributed by atoms with E-state index in [1.54, 1.807) is 18.2 Å². The van der Waals surface area contributed by atoms with Gasteiger partial charge in [-0.05, 0) is 50.6 Å². The number of anilines is 1. The summed E-state index contributed by atoms with van der Waals surface area (Å²) in [7, 11) is 0. The molecule has 1 aromatic carbocycles. The largest absolute Gasteiger partial charge is 0.351 e. The van der Waals surface area contributed by atoms with Crippen LogP contribution in [-0.4, -0.2) is 41.9 Å². The molecule has 0 bridgehead atoms. The fourth-order valence-corrected chi connectivity index (χ4v) is 3.30. The minimum atomic E-state index is -0.855. The van der Waals surface area contributed by atoms with Crippen molar-refractivity contribution in [1.82, 2.24) is 10.2 Å². The number of carbonyl (C=O) groups is 3. The smallest absolute Gasteiger partial charge is 0.318 e. The molecule has 1 fully saturated rings. The van der Waals surface area contributed by atoms with Crippen molar-refractivity contribution >= 4 is 46.7 Å². The Labute approximate surface area is 162 Å². The van der Waals surface area contributed by atoms with E-state index in [1.165, 1.54) is 0 Å². The van der Waals surface area contributed by atoms with E-state index in [0.717, 1.165) is 25.8 Å². The van der Waals surface area contributed by atoms with E-state index in [2.05, 4.69) is 10.2 Å². The molecule has 0 saturated carbocycles. The summed E-state index contributed by atoms with van der Waals surface area (Å²) in [6, 6.07) is 3.83. The summed E-state index contributed by atoms with van der Waals surface area (Å²) < 4.78 is 0. The SMILES string of the molecule is NC(=O)NC(=O)CCCN1CCCC[C@H]1C(=O)Nc1ccc(Cl)c(Cl)c1. The molecule has 4 amide bonds. The van der Waals surface area contributed by atoms with E-state index < -0.39 is 11.9 Å². The number of nitrogens with two attached hydrogens (primary N) is 1. The Morgan fingerprint density at radius 1 is 1.19 bits per heavy atom. The van der Waals surface area contributed by atoms with E-state index in [9.17, 15) is 14.4 Å². The van der Waals surface area contributed by atoms with Crippen LogP contribution in [0.2, 0.25) is 10.0 Å². The number of benzene rings is 1. The maximum Gasteiger partial charge on any atom is 0.318 e. The van der Waals surface area contributed by atoms with Crippen LogP contribution in [-0.2, 0) is 9.59 Å². The van der Waals surface area contributed by atoms with Gasteiger partial charge in [-0.3, -0.25) is 19.8 Å². The molecule has 1 atom stereocenters. The standard InChI is InChI=1S/C17H22Cl2N4O3/c18-12-7-6-11(10-13(12)19)21-16(25)14-4-1-2-8-23(14)9-3-5-15(24)22-17(20)26/h6-7,10,14H,1-5,8-9H2,(H,21,25)(H3,20,22,24,26)/t14-/m0/s1.